The molecule has 0 radical (unpaired) electrons. The molecule has 38 valence electrons. The first-order chi connectivity index (χ1) is 3.27. The highest BCUT2D eigenvalue weighted by molar-refractivity contribution is 5.68. The normalized spacial score (nSPS) is 9.14. The van der Waals surface area contributed by atoms with Crippen LogP contribution in [0.2, 0.25) is 0 Å². The topological polar surface area (TPSA) is 44.1 Å². The summed E-state index contributed by atoms with van der Waals surface area (Å²) in [5.41, 5.74) is 0. The molecule has 0 heterocycles. The molecule has 0 bridgehead atoms. The number of nitrogens with one attached hydrogen (secondary N) is 1. The van der Waals surface area contributed by atoms with Crippen LogP contribution < -0.4 is 0 Å². The van der Waals surface area contributed by atoms with E-state index in [4.69, 9.17) is 10.5 Å². The predicted octanol–water partition coefficient (Wildman–Crippen LogP) is 1.26. The number of allylic oxidation sites excluding steroid dienone is 2. The number of aliphatic hydroxyl groups is 1. The second-order valence-electron chi connectivity index (χ2n) is 1.02. The smallest absolute Gasteiger partial charge is 0.108 e. The van der Waals surface area contributed by atoms with Gasteiger partial charge >= 0.3 is 0 Å². The van der Waals surface area contributed by atoms with Crippen molar-refractivity contribution in [2.45, 2.75) is 0 Å². The lowest BCUT2D eigenvalue weighted by molar-refractivity contribution is 0.435. The summed E-state index contributed by atoms with van der Waals surface area (Å²) in [5.74, 6) is -0.0245. The minimum absolute atomic E-state index is 0.0245. The molecule has 7 heavy (non-hydrogen) atoms. The van der Waals surface area contributed by atoms with Gasteiger partial charge in [-0.2, -0.15) is 0 Å². The molecule has 0 spiro atoms. The highest BCUT2D eigenvalue weighted by Crippen LogP contribution is 1.80. The first-order valence-corrected chi connectivity index (χ1v) is 1.82. The summed E-state index contributed by atoms with van der Waals surface area (Å²) < 4.78 is 0. The Balaban J connectivity index is 3.46. The molecule has 0 saturated carbocycles. The molecule has 2 heteroatoms. The lowest BCUT2D eigenvalue weighted by Crippen LogP contribution is -1.65. The molecule has 0 aliphatic rings. The van der Waals surface area contributed by atoms with Crippen LogP contribution in [-0.4, -0.2) is 11.3 Å². The van der Waals surface area contributed by atoms with Crippen LogP contribution in [0.5, 0.6) is 0 Å². The highest BCUT2D eigenvalue weighted by atomic mass is 16.3. The fourth-order valence-corrected chi connectivity index (χ4v) is 0.159. The van der Waals surface area contributed by atoms with E-state index < -0.39 is 0 Å². The minimum atomic E-state index is -0.0245. The number of hydrogen-bond donors (Lipinski definition) is 2. The summed E-state index contributed by atoms with van der Waals surface area (Å²) in [6, 6.07) is 0. The standard InChI is InChI=1S/C5H7NO/c1-5(7)3-2-4-6/h2-4,6-7H,1H2/b3-2-,6-4?. The van der Waals surface area contributed by atoms with E-state index >= 15 is 0 Å². The van der Waals surface area contributed by atoms with E-state index in [1.807, 2.05) is 0 Å². The van der Waals surface area contributed by atoms with Gasteiger partial charge in [-0.05, 0) is 12.2 Å². The Bertz CT molecular complexity index is 105. The average Bonchev–Trinajstić information content (AvgIpc) is 1.61. The zero-order chi connectivity index (χ0) is 5.70. The molecule has 0 aliphatic carbocycles. The molecular weight excluding hydrogens is 90.1 g/mol. The maximum absolute atomic E-state index is 8.30. The summed E-state index contributed by atoms with van der Waals surface area (Å²) in [6.07, 6.45) is 3.80. The van der Waals surface area contributed by atoms with Gasteiger partial charge in [-0.3, -0.25) is 0 Å². The molecule has 0 aromatic heterocycles. The molecule has 0 aliphatic heterocycles. The van der Waals surface area contributed by atoms with Crippen LogP contribution in [0.1, 0.15) is 0 Å². The van der Waals surface area contributed by atoms with Gasteiger partial charge in [0, 0.05) is 6.21 Å². The van der Waals surface area contributed by atoms with Crippen molar-refractivity contribution >= 4 is 6.21 Å². The lowest BCUT2D eigenvalue weighted by Gasteiger charge is -1.77. The quantitative estimate of drug-likeness (QED) is 0.304. The second kappa shape index (κ2) is 3.15. The van der Waals surface area contributed by atoms with Crippen LogP contribution in [-0.2, 0) is 0 Å². The Kier molecular flexibility index (Phi) is 2.68. The Morgan fingerprint density at radius 1 is 1.71 bits per heavy atom. The lowest BCUT2D eigenvalue weighted by atomic mass is 10.5. The van der Waals surface area contributed by atoms with Gasteiger partial charge in [0.2, 0.25) is 0 Å². The summed E-state index contributed by atoms with van der Waals surface area (Å²) in [7, 11) is 0. The molecule has 2 N–H and O–H groups in total. The van der Waals surface area contributed by atoms with Crippen molar-refractivity contribution < 1.29 is 5.11 Å². The largest absolute Gasteiger partial charge is 0.509 e. The number of rotatable bonds is 2. The molecule has 2 nitrogen and oxygen atoms in total. The van der Waals surface area contributed by atoms with Crippen LogP contribution in [0.15, 0.2) is 24.5 Å². The van der Waals surface area contributed by atoms with E-state index in [9.17, 15) is 0 Å². The van der Waals surface area contributed by atoms with Crippen LogP contribution in [0.3, 0.4) is 0 Å². The van der Waals surface area contributed by atoms with Gasteiger partial charge in [0.25, 0.3) is 0 Å². The molecule has 0 fully saturated rings. The van der Waals surface area contributed by atoms with E-state index in [0.29, 0.717) is 0 Å². The predicted molar refractivity (Wildman–Crippen MR) is 29.7 cm³/mol. The van der Waals surface area contributed by atoms with E-state index in [0.717, 1.165) is 6.21 Å². The van der Waals surface area contributed by atoms with E-state index in [-0.39, 0.29) is 5.76 Å². The first-order valence-electron chi connectivity index (χ1n) is 1.82. The van der Waals surface area contributed by atoms with Crippen LogP contribution in [0.25, 0.3) is 0 Å². The summed E-state index contributed by atoms with van der Waals surface area (Å²) >= 11 is 0. The maximum atomic E-state index is 8.30. The van der Waals surface area contributed by atoms with Crippen molar-refractivity contribution in [2.24, 2.45) is 0 Å². The first kappa shape index (κ1) is 5.95. The molecule has 0 rings (SSSR count). The zero-order valence-corrected chi connectivity index (χ0v) is 3.89. The Morgan fingerprint density at radius 2 is 2.29 bits per heavy atom. The minimum Gasteiger partial charge on any atom is -0.509 e. The van der Waals surface area contributed by atoms with Crippen molar-refractivity contribution in [1.82, 2.24) is 0 Å². The van der Waals surface area contributed by atoms with Gasteiger partial charge in [0.15, 0.2) is 0 Å². The summed E-state index contributed by atoms with van der Waals surface area (Å²) in [6.45, 7) is 3.16. The van der Waals surface area contributed by atoms with Crippen molar-refractivity contribution in [3.8, 4) is 0 Å². The Morgan fingerprint density at radius 3 is 2.43 bits per heavy atom. The molecule has 0 unspecified atom stereocenters. The fraction of sp³-hybridized carbons (Fsp3) is 0. The maximum Gasteiger partial charge on any atom is 0.108 e. The molecular formula is C5H7NO. The number of aliphatic hydroxyl groups excluding tert-OH is 1. The SMILES string of the molecule is C=C(O)/C=C\C=N. The van der Waals surface area contributed by atoms with Crippen molar-refractivity contribution in [1.29, 1.82) is 5.41 Å². The van der Waals surface area contributed by atoms with E-state index in [1.54, 1.807) is 0 Å². The van der Waals surface area contributed by atoms with Gasteiger partial charge in [0.05, 0.1) is 0 Å². The third-order valence-corrected chi connectivity index (χ3v) is 0.385. The molecule has 0 saturated heterocycles. The van der Waals surface area contributed by atoms with Gasteiger partial charge < -0.3 is 10.5 Å². The molecule has 0 aromatic rings. The zero-order valence-electron chi connectivity index (χ0n) is 3.89. The van der Waals surface area contributed by atoms with Crippen molar-refractivity contribution in [3.63, 3.8) is 0 Å². The third kappa shape index (κ3) is 4.95. The van der Waals surface area contributed by atoms with Crippen LogP contribution in [0, 0.1) is 5.41 Å². The molecule has 0 atom stereocenters. The second-order valence-corrected chi connectivity index (χ2v) is 1.02. The van der Waals surface area contributed by atoms with Gasteiger partial charge in [-0.15, -0.1) is 0 Å². The number of hydrogen-bond acceptors (Lipinski definition) is 2. The Hall–Kier alpha value is -1.05. The molecule has 0 aromatic carbocycles. The van der Waals surface area contributed by atoms with E-state index in [1.165, 1.54) is 12.2 Å². The van der Waals surface area contributed by atoms with Crippen molar-refractivity contribution in [3.05, 3.63) is 24.5 Å². The van der Waals surface area contributed by atoms with Crippen LogP contribution >= 0.6 is 0 Å². The van der Waals surface area contributed by atoms with Gasteiger partial charge in [0.1, 0.15) is 5.76 Å². The third-order valence-electron chi connectivity index (χ3n) is 0.385. The van der Waals surface area contributed by atoms with E-state index in [2.05, 4.69) is 6.58 Å². The monoisotopic (exact) mass is 97.1 g/mol. The summed E-state index contributed by atoms with van der Waals surface area (Å²) in [4.78, 5) is 0. The Labute approximate surface area is 42.3 Å². The highest BCUT2D eigenvalue weighted by Gasteiger charge is 1.68. The average molecular weight is 97.1 g/mol. The van der Waals surface area contributed by atoms with Gasteiger partial charge in [-0.1, -0.05) is 6.58 Å². The summed E-state index contributed by atoms with van der Waals surface area (Å²) in [5, 5.41) is 14.7. The fourth-order valence-electron chi connectivity index (χ4n) is 0.159. The van der Waals surface area contributed by atoms with Crippen molar-refractivity contribution in [2.75, 3.05) is 0 Å². The molecule has 0 amide bonds. The van der Waals surface area contributed by atoms with Gasteiger partial charge in [-0.25, -0.2) is 0 Å². The van der Waals surface area contributed by atoms with Crippen LogP contribution in [0.4, 0.5) is 0 Å².